The summed E-state index contributed by atoms with van der Waals surface area (Å²) in [6.45, 7) is 7.26. The van der Waals surface area contributed by atoms with E-state index in [1.807, 2.05) is 13.8 Å². The van der Waals surface area contributed by atoms with E-state index in [1.54, 1.807) is 13.8 Å². The molecule has 0 unspecified atom stereocenters. The summed E-state index contributed by atoms with van der Waals surface area (Å²) in [5.41, 5.74) is 0. The second-order valence-electron chi connectivity index (χ2n) is 8.31. The van der Waals surface area contributed by atoms with E-state index in [0.717, 1.165) is 6.42 Å². The number of fused-ring (bicyclic) bond motifs is 2. The highest BCUT2D eigenvalue weighted by molar-refractivity contribution is 5.91. The van der Waals surface area contributed by atoms with E-state index < -0.39 is 17.7 Å². The number of carbonyl (C=O) groups is 3. The number of rotatable bonds is 2. The fourth-order valence-corrected chi connectivity index (χ4v) is 4.09. The number of hydrogen-bond acceptors (Lipinski definition) is 8. The second kappa shape index (κ2) is 7.24. The van der Waals surface area contributed by atoms with Crippen LogP contribution in [0, 0.1) is 5.92 Å². The fourth-order valence-electron chi connectivity index (χ4n) is 4.09. The molecule has 2 saturated heterocycles. The Bertz CT molecular complexity index is 625. The third-order valence-corrected chi connectivity index (χ3v) is 5.20. The van der Waals surface area contributed by atoms with Crippen LogP contribution in [0.25, 0.3) is 0 Å². The van der Waals surface area contributed by atoms with Gasteiger partial charge in [-0.05, 0) is 40.5 Å². The molecule has 2 heterocycles. The SMILES string of the molecule is CC1(C)O[C@@H]2CCC(=O)[C@@H]2O1.COC(=O)C[C@@H]1C[C@H]2OC(C)(C)O[C@H]2C1=O. The molecule has 0 aromatic rings. The molecular formula is C19H28O8. The van der Waals surface area contributed by atoms with Crippen LogP contribution in [0.5, 0.6) is 0 Å². The van der Waals surface area contributed by atoms with Crippen LogP contribution in [0.3, 0.4) is 0 Å². The van der Waals surface area contributed by atoms with Crippen molar-refractivity contribution in [1.82, 2.24) is 0 Å². The van der Waals surface area contributed by atoms with Gasteiger partial charge in [0.1, 0.15) is 12.2 Å². The molecule has 4 fully saturated rings. The van der Waals surface area contributed by atoms with Gasteiger partial charge >= 0.3 is 5.97 Å². The van der Waals surface area contributed by atoms with Gasteiger partial charge in [-0.15, -0.1) is 0 Å². The first-order valence-corrected chi connectivity index (χ1v) is 9.36. The molecule has 2 aliphatic heterocycles. The molecule has 0 aromatic carbocycles. The van der Waals surface area contributed by atoms with E-state index >= 15 is 0 Å². The van der Waals surface area contributed by atoms with Crippen LogP contribution in [0.4, 0.5) is 0 Å². The zero-order valence-electron chi connectivity index (χ0n) is 16.5. The van der Waals surface area contributed by atoms with E-state index in [4.69, 9.17) is 18.9 Å². The summed E-state index contributed by atoms with van der Waals surface area (Å²) in [5.74, 6) is -1.77. The number of hydrogen-bond donors (Lipinski definition) is 0. The largest absolute Gasteiger partial charge is 0.469 e. The Hall–Kier alpha value is -1.35. The first-order valence-electron chi connectivity index (χ1n) is 9.36. The molecule has 4 rings (SSSR count). The first-order chi connectivity index (χ1) is 12.5. The molecule has 0 amide bonds. The summed E-state index contributed by atoms with van der Waals surface area (Å²) in [5, 5.41) is 0. The maximum absolute atomic E-state index is 11.9. The Labute approximate surface area is 158 Å². The quantitative estimate of drug-likeness (QED) is 0.661. The van der Waals surface area contributed by atoms with Gasteiger partial charge in [-0.2, -0.15) is 0 Å². The van der Waals surface area contributed by atoms with Crippen LogP contribution >= 0.6 is 0 Å². The Balaban J connectivity index is 0.000000166. The van der Waals surface area contributed by atoms with Gasteiger partial charge in [0, 0.05) is 12.3 Å². The molecule has 5 atom stereocenters. The van der Waals surface area contributed by atoms with Gasteiger partial charge in [0.15, 0.2) is 23.1 Å². The Morgan fingerprint density at radius 2 is 1.59 bits per heavy atom. The number of ether oxygens (including phenoxy) is 5. The summed E-state index contributed by atoms with van der Waals surface area (Å²) in [7, 11) is 1.32. The highest BCUT2D eigenvalue weighted by Crippen LogP contribution is 2.40. The molecule has 0 aromatic heterocycles. The average Bonchev–Trinajstić information content (AvgIpc) is 3.23. The molecule has 0 N–H and O–H groups in total. The summed E-state index contributed by atoms with van der Waals surface area (Å²) in [4.78, 5) is 34.2. The smallest absolute Gasteiger partial charge is 0.306 e. The van der Waals surface area contributed by atoms with Crippen molar-refractivity contribution < 1.29 is 38.1 Å². The standard InChI is InChI=1S/C11H16O5.C8H12O3/c1-11(2)15-7-4-6(5-8(12)14-3)9(13)10(7)16-11;1-8(2)10-6-4-3-5(9)7(6)11-8/h6-7,10H,4-5H2,1-3H3;6-7H,3-4H2,1-2H3/t6-,7+,10+;6-,7+/m01/s1. The maximum atomic E-state index is 11.9. The maximum Gasteiger partial charge on any atom is 0.306 e. The number of ketones is 2. The van der Waals surface area contributed by atoms with Crippen molar-refractivity contribution in [3.63, 3.8) is 0 Å². The van der Waals surface area contributed by atoms with Crippen molar-refractivity contribution in [3.8, 4) is 0 Å². The van der Waals surface area contributed by atoms with E-state index in [0.29, 0.717) is 12.8 Å². The van der Waals surface area contributed by atoms with Gasteiger partial charge in [-0.3, -0.25) is 14.4 Å². The number of carbonyl (C=O) groups excluding carboxylic acids is 3. The van der Waals surface area contributed by atoms with Crippen molar-refractivity contribution in [2.45, 2.75) is 89.4 Å². The van der Waals surface area contributed by atoms with E-state index in [2.05, 4.69) is 4.74 Å². The van der Waals surface area contributed by atoms with Crippen LogP contribution in [0.1, 0.15) is 53.4 Å². The zero-order chi connectivity index (χ0) is 20.0. The zero-order valence-corrected chi connectivity index (χ0v) is 16.5. The predicted octanol–water partition coefficient (Wildman–Crippen LogP) is 1.53. The molecule has 2 aliphatic carbocycles. The summed E-state index contributed by atoms with van der Waals surface area (Å²) >= 11 is 0. The first kappa shape index (κ1) is 20.4. The highest BCUT2D eigenvalue weighted by Gasteiger charge is 2.53. The topological polar surface area (TPSA) is 97.4 Å². The van der Waals surface area contributed by atoms with Gasteiger partial charge in [-0.1, -0.05) is 0 Å². The normalized spacial score (nSPS) is 38.2. The molecule has 27 heavy (non-hydrogen) atoms. The van der Waals surface area contributed by atoms with Gasteiger partial charge in [0.25, 0.3) is 0 Å². The lowest BCUT2D eigenvalue weighted by atomic mass is 10.0. The molecule has 4 aliphatic rings. The number of esters is 1. The fraction of sp³-hybridized carbons (Fsp3) is 0.842. The molecule has 0 spiro atoms. The minimum Gasteiger partial charge on any atom is -0.469 e. The lowest BCUT2D eigenvalue weighted by molar-refractivity contribution is -0.164. The Morgan fingerprint density at radius 1 is 1.00 bits per heavy atom. The molecule has 0 bridgehead atoms. The molecule has 0 radical (unpaired) electrons. The van der Waals surface area contributed by atoms with E-state index in [-0.39, 0.29) is 48.2 Å². The predicted molar refractivity (Wildman–Crippen MR) is 91.6 cm³/mol. The summed E-state index contributed by atoms with van der Waals surface area (Å²) < 4.78 is 26.6. The minimum absolute atomic E-state index is 0.0255. The second-order valence-corrected chi connectivity index (χ2v) is 8.31. The number of Topliss-reactive ketones (excluding diaryl/α,β-unsaturated/α-hetero) is 2. The molecule has 152 valence electrons. The highest BCUT2D eigenvalue weighted by atomic mass is 16.8. The lowest BCUT2D eigenvalue weighted by Gasteiger charge is -2.19. The Morgan fingerprint density at radius 3 is 2.15 bits per heavy atom. The third kappa shape index (κ3) is 4.39. The summed E-state index contributed by atoms with van der Waals surface area (Å²) in [6.07, 6.45) is 1.14. The van der Waals surface area contributed by atoms with Crippen molar-refractivity contribution in [2.75, 3.05) is 7.11 Å². The third-order valence-electron chi connectivity index (χ3n) is 5.20. The average molecular weight is 384 g/mol. The van der Waals surface area contributed by atoms with Crippen LogP contribution in [0.15, 0.2) is 0 Å². The number of methoxy groups -OCH3 is 1. The van der Waals surface area contributed by atoms with Gasteiger partial charge in [0.05, 0.1) is 25.7 Å². The van der Waals surface area contributed by atoms with Crippen molar-refractivity contribution in [1.29, 1.82) is 0 Å². The van der Waals surface area contributed by atoms with Crippen LogP contribution in [0.2, 0.25) is 0 Å². The van der Waals surface area contributed by atoms with Crippen molar-refractivity contribution >= 4 is 17.5 Å². The molecule has 2 saturated carbocycles. The van der Waals surface area contributed by atoms with E-state index in [1.165, 1.54) is 7.11 Å². The molecular weight excluding hydrogens is 356 g/mol. The van der Waals surface area contributed by atoms with Gasteiger partial charge < -0.3 is 23.7 Å². The van der Waals surface area contributed by atoms with Crippen LogP contribution < -0.4 is 0 Å². The minimum atomic E-state index is -0.693. The van der Waals surface area contributed by atoms with Crippen molar-refractivity contribution in [2.24, 2.45) is 5.92 Å². The Kier molecular flexibility index (Phi) is 5.46. The van der Waals surface area contributed by atoms with Crippen LogP contribution in [-0.2, 0) is 38.1 Å². The molecule has 8 heteroatoms. The van der Waals surface area contributed by atoms with E-state index in [9.17, 15) is 14.4 Å². The monoisotopic (exact) mass is 384 g/mol. The van der Waals surface area contributed by atoms with Crippen LogP contribution in [-0.4, -0.2) is 60.6 Å². The lowest BCUT2D eigenvalue weighted by Crippen LogP contribution is -2.28. The van der Waals surface area contributed by atoms with Gasteiger partial charge in [-0.25, -0.2) is 0 Å². The molecule has 8 nitrogen and oxygen atoms in total. The van der Waals surface area contributed by atoms with Gasteiger partial charge in [0.2, 0.25) is 0 Å². The summed E-state index contributed by atoms with van der Waals surface area (Å²) in [6, 6.07) is 0. The van der Waals surface area contributed by atoms with Crippen molar-refractivity contribution in [3.05, 3.63) is 0 Å².